The van der Waals surface area contributed by atoms with Gasteiger partial charge in [-0.05, 0) is 13.0 Å². The Bertz CT molecular complexity index is 842. The zero-order valence-corrected chi connectivity index (χ0v) is 12.0. The highest BCUT2D eigenvalue weighted by Gasteiger charge is 2.21. The number of aromatic nitrogens is 1. The second kappa shape index (κ2) is 5.02. The average molecular weight is 277 g/mol. The highest BCUT2D eigenvalue weighted by atomic mass is 16.1. The minimum atomic E-state index is -0.129. The van der Waals surface area contributed by atoms with E-state index in [4.69, 9.17) is 0 Å². The van der Waals surface area contributed by atoms with Crippen molar-refractivity contribution in [3.63, 3.8) is 0 Å². The SMILES string of the molecule is Cc1ccc(C(=O)c2c(C=O)c3ccccc3n2C)cc1. The van der Waals surface area contributed by atoms with Crippen molar-refractivity contribution in [1.82, 2.24) is 4.57 Å². The molecule has 104 valence electrons. The Kier molecular flexibility index (Phi) is 3.18. The van der Waals surface area contributed by atoms with Crippen molar-refractivity contribution >= 4 is 23.0 Å². The van der Waals surface area contributed by atoms with Gasteiger partial charge in [-0.25, -0.2) is 0 Å². The van der Waals surface area contributed by atoms with E-state index in [0.29, 0.717) is 16.8 Å². The Balaban J connectivity index is 2.24. The van der Waals surface area contributed by atoms with Gasteiger partial charge in [0.1, 0.15) is 5.69 Å². The molecule has 0 saturated carbocycles. The Morgan fingerprint density at radius 1 is 1.05 bits per heavy atom. The zero-order chi connectivity index (χ0) is 15.0. The lowest BCUT2D eigenvalue weighted by Gasteiger charge is -2.05. The molecule has 21 heavy (non-hydrogen) atoms. The summed E-state index contributed by atoms with van der Waals surface area (Å²) in [6.45, 7) is 1.97. The molecule has 0 bridgehead atoms. The minimum Gasteiger partial charge on any atom is -0.340 e. The summed E-state index contributed by atoms with van der Waals surface area (Å²) in [4.78, 5) is 24.2. The molecule has 0 radical (unpaired) electrons. The normalized spacial score (nSPS) is 10.8. The average Bonchev–Trinajstić information content (AvgIpc) is 2.80. The summed E-state index contributed by atoms with van der Waals surface area (Å²) in [6, 6.07) is 14.9. The fourth-order valence-electron chi connectivity index (χ4n) is 2.66. The van der Waals surface area contributed by atoms with Crippen LogP contribution in [-0.4, -0.2) is 16.6 Å². The van der Waals surface area contributed by atoms with E-state index in [1.165, 1.54) is 0 Å². The molecule has 0 atom stereocenters. The lowest BCUT2D eigenvalue weighted by molar-refractivity contribution is 0.102. The van der Waals surface area contributed by atoms with Crippen molar-refractivity contribution in [1.29, 1.82) is 0 Å². The van der Waals surface area contributed by atoms with Crippen molar-refractivity contribution in [3.8, 4) is 0 Å². The lowest BCUT2D eigenvalue weighted by Crippen LogP contribution is -2.09. The number of carbonyl (C=O) groups excluding carboxylic acids is 2. The highest BCUT2D eigenvalue weighted by molar-refractivity contribution is 6.17. The number of fused-ring (bicyclic) bond motifs is 1. The summed E-state index contributed by atoms with van der Waals surface area (Å²) in [5.74, 6) is -0.129. The molecule has 2 aromatic carbocycles. The van der Waals surface area contributed by atoms with Crippen molar-refractivity contribution < 1.29 is 9.59 Å². The molecule has 3 nitrogen and oxygen atoms in total. The topological polar surface area (TPSA) is 39.1 Å². The Hall–Kier alpha value is -2.68. The van der Waals surface area contributed by atoms with Crippen molar-refractivity contribution in [2.24, 2.45) is 7.05 Å². The van der Waals surface area contributed by atoms with Gasteiger partial charge in [-0.15, -0.1) is 0 Å². The maximum atomic E-state index is 12.7. The van der Waals surface area contributed by atoms with Gasteiger partial charge in [0.05, 0.1) is 5.56 Å². The molecule has 3 aromatic rings. The van der Waals surface area contributed by atoms with Crippen LogP contribution in [0.3, 0.4) is 0 Å². The van der Waals surface area contributed by atoms with Crippen LogP contribution in [-0.2, 0) is 7.05 Å². The van der Waals surface area contributed by atoms with Crippen molar-refractivity contribution in [2.45, 2.75) is 6.92 Å². The van der Waals surface area contributed by atoms with Crippen LogP contribution in [0.2, 0.25) is 0 Å². The number of hydrogen-bond acceptors (Lipinski definition) is 2. The first-order chi connectivity index (χ1) is 10.1. The zero-order valence-electron chi connectivity index (χ0n) is 12.0. The van der Waals surface area contributed by atoms with Crippen molar-refractivity contribution in [3.05, 3.63) is 70.9 Å². The third kappa shape index (κ3) is 2.07. The first kappa shape index (κ1) is 13.3. The first-order valence-corrected chi connectivity index (χ1v) is 6.77. The summed E-state index contributed by atoms with van der Waals surface area (Å²) in [5, 5.41) is 0.811. The van der Waals surface area contributed by atoms with Crippen LogP contribution in [0, 0.1) is 6.92 Å². The van der Waals surface area contributed by atoms with Gasteiger partial charge in [0.25, 0.3) is 0 Å². The predicted molar refractivity (Wildman–Crippen MR) is 82.9 cm³/mol. The number of benzene rings is 2. The van der Waals surface area contributed by atoms with Gasteiger partial charge in [0.15, 0.2) is 6.29 Å². The van der Waals surface area contributed by atoms with Gasteiger partial charge < -0.3 is 4.57 Å². The maximum absolute atomic E-state index is 12.7. The van der Waals surface area contributed by atoms with Gasteiger partial charge in [0.2, 0.25) is 5.78 Å². The fraction of sp³-hybridized carbons (Fsp3) is 0.111. The quantitative estimate of drug-likeness (QED) is 0.542. The van der Waals surface area contributed by atoms with Crippen LogP contribution >= 0.6 is 0 Å². The monoisotopic (exact) mass is 277 g/mol. The number of aryl methyl sites for hydroxylation is 2. The van der Waals surface area contributed by atoms with Crippen LogP contribution in [0.5, 0.6) is 0 Å². The van der Waals surface area contributed by atoms with E-state index in [2.05, 4.69) is 0 Å². The van der Waals surface area contributed by atoms with Crippen LogP contribution < -0.4 is 0 Å². The largest absolute Gasteiger partial charge is 0.340 e. The molecule has 0 aliphatic rings. The van der Waals surface area contributed by atoms with E-state index in [-0.39, 0.29) is 5.78 Å². The lowest BCUT2D eigenvalue weighted by atomic mass is 10.0. The number of hydrogen-bond donors (Lipinski definition) is 0. The van der Waals surface area contributed by atoms with Gasteiger partial charge in [-0.1, -0.05) is 48.0 Å². The molecule has 1 aromatic heterocycles. The number of aldehydes is 1. The molecule has 0 fully saturated rings. The molecule has 0 aliphatic heterocycles. The molecule has 0 unspecified atom stereocenters. The second-order valence-corrected chi connectivity index (χ2v) is 5.15. The van der Waals surface area contributed by atoms with Crippen LogP contribution in [0.25, 0.3) is 10.9 Å². The smallest absolute Gasteiger partial charge is 0.210 e. The number of ketones is 1. The summed E-state index contributed by atoms with van der Waals surface area (Å²) >= 11 is 0. The number of rotatable bonds is 3. The second-order valence-electron chi connectivity index (χ2n) is 5.15. The van der Waals surface area contributed by atoms with Gasteiger partial charge in [-0.3, -0.25) is 9.59 Å². The molecule has 3 heteroatoms. The molecular weight excluding hydrogens is 262 g/mol. The molecule has 0 amide bonds. The van der Waals surface area contributed by atoms with E-state index in [0.717, 1.165) is 22.8 Å². The minimum absolute atomic E-state index is 0.129. The van der Waals surface area contributed by atoms with Crippen molar-refractivity contribution in [2.75, 3.05) is 0 Å². The highest BCUT2D eigenvalue weighted by Crippen LogP contribution is 2.26. The molecule has 0 aliphatic carbocycles. The van der Waals surface area contributed by atoms with Crippen LogP contribution in [0.1, 0.15) is 32.0 Å². The Labute approximate surface area is 122 Å². The Morgan fingerprint density at radius 3 is 2.38 bits per heavy atom. The van der Waals surface area contributed by atoms with E-state index in [1.807, 2.05) is 50.4 Å². The molecular formula is C18H15NO2. The van der Waals surface area contributed by atoms with Crippen LogP contribution in [0.15, 0.2) is 48.5 Å². The summed E-state index contributed by atoms with van der Waals surface area (Å²) in [5.41, 5.74) is 3.47. The van der Waals surface area contributed by atoms with Gasteiger partial charge in [-0.2, -0.15) is 0 Å². The first-order valence-electron chi connectivity index (χ1n) is 6.77. The van der Waals surface area contributed by atoms with E-state index in [1.54, 1.807) is 16.7 Å². The number of para-hydroxylation sites is 1. The molecule has 0 N–H and O–H groups in total. The number of carbonyl (C=O) groups is 2. The third-order valence-electron chi connectivity index (χ3n) is 3.79. The van der Waals surface area contributed by atoms with E-state index < -0.39 is 0 Å². The summed E-state index contributed by atoms with van der Waals surface area (Å²) in [7, 11) is 1.82. The van der Waals surface area contributed by atoms with Crippen LogP contribution in [0.4, 0.5) is 0 Å². The molecule has 1 heterocycles. The maximum Gasteiger partial charge on any atom is 0.210 e. The third-order valence-corrected chi connectivity index (χ3v) is 3.79. The summed E-state index contributed by atoms with van der Waals surface area (Å²) < 4.78 is 1.79. The van der Waals surface area contributed by atoms with Gasteiger partial charge in [0, 0.05) is 23.5 Å². The predicted octanol–water partition coefficient (Wildman–Crippen LogP) is 3.53. The standard InChI is InChI=1S/C18H15NO2/c1-12-7-9-13(10-8-12)18(21)17-15(11-20)14-5-3-4-6-16(14)19(17)2/h3-11H,1-2H3. The van der Waals surface area contributed by atoms with E-state index in [9.17, 15) is 9.59 Å². The summed E-state index contributed by atoms with van der Waals surface area (Å²) in [6.07, 6.45) is 0.768. The Morgan fingerprint density at radius 2 is 1.71 bits per heavy atom. The fourth-order valence-corrected chi connectivity index (χ4v) is 2.66. The molecule has 3 rings (SSSR count). The number of nitrogens with zero attached hydrogens (tertiary/aromatic N) is 1. The molecule has 0 spiro atoms. The van der Waals surface area contributed by atoms with Gasteiger partial charge >= 0.3 is 0 Å². The molecule has 0 saturated heterocycles. The van der Waals surface area contributed by atoms with E-state index >= 15 is 0 Å².